The number of likely N-dealkylation sites (tertiary alicyclic amines) is 1. The Morgan fingerprint density at radius 1 is 0.933 bits per heavy atom. The van der Waals surface area contributed by atoms with Crippen molar-refractivity contribution in [3.8, 4) is 0 Å². The van der Waals surface area contributed by atoms with Gasteiger partial charge in [0, 0.05) is 13.1 Å². The molecule has 0 N–H and O–H groups in total. The number of ether oxygens (including phenoxy) is 2. The fourth-order valence-electron chi connectivity index (χ4n) is 2.07. The maximum Gasteiger partial charge on any atom is 0.279 e. The Hall–Kier alpha value is -0.610. The first-order valence-corrected chi connectivity index (χ1v) is 5.90. The first kappa shape index (κ1) is 10.9. The number of hydrogen-bond donors (Lipinski definition) is 0. The molecule has 0 aromatic heterocycles. The molecule has 0 aromatic carbocycles. The summed E-state index contributed by atoms with van der Waals surface area (Å²) in [5.41, 5.74) is 0. The molecule has 0 aromatic rings. The molecule has 2 aliphatic heterocycles. The molecule has 0 atom stereocenters. The summed E-state index contributed by atoms with van der Waals surface area (Å²) < 4.78 is 10.6. The molecule has 4 nitrogen and oxygen atoms in total. The molecule has 2 rings (SSSR count). The highest BCUT2D eigenvalue weighted by Crippen LogP contribution is 2.14. The standard InChI is InChI=1S/C11H19NO3/c13-10(11-14-8-5-9-15-11)12-6-3-1-2-4-7-12/h11H,1-9H2. The third-order valence-electron chi connectivity index (χ3n) is 2.95. The maximum atomic E-state index is 12.0. The van der Waals surface area contributed by atoms with Gasteiger partial charge in [-0.15, -0.1) is 0 Å². The van der Waals surface area contributed by atoms with Gasteiger partial charge in [-0.1, -0.05) is 12.8 Å². The molecule has 2 heterocycles. The lowest BCUT2D eigenvalue weighted by Gasteiger charge is -2.28. The molecule has 0 spiro atoms. The van der Waals surface area contributed by atoms with Crippen LogP contribution in [0.4, 0.5) is 0 Å². The van der Waals surface area contributed by atoms with E-state index < -0.39 is 6.29 Å². The lowest BCUT2D eigenvalue weighted by atomic mass is 10.2. The minimum atomic E-state index is -0.628. The van der Waals surface area contributed by atoms with Gasteiger partial charge in [-0.2, -0.15) is 0 Å². The Bertz CT molecular complexity index is 206. The van der Waals surface area contributed by atoms with E-state index in [0.29, 0.717) is 13.2 Å². The summed E-state index contributed by atoms with van der Waals surface area (Å²) in [6.07, 6.45) is 4.95. The molecule has 15 heavy (non-hydrogen) atoms. The monoisotopic (exact) mass is 213 g/mol. The van der Waals surface area contributed by atoms with Gasteiger partial charge in [0.1, 0.15) is 0 Å². The molecular weight excluding hydrogens is 194 g/mol. The van der Waals surface area contributed by atoms with E-state index in [1.54, 1.807) is 0 Å². The average Bonchev–Trinajstić information content (AvgIpc) is 2.58. The number of carbonyl (C=O) groups excluding carboxylic acids is 1. The quantitative estimate of drug-likeness (QED) is 0.656. The van der Waals surface area contributed by atoms with Crippen molar-refractivity contribution in [1.29, 1.82) is 0 Å². The number of rotatable bonds is 1. The number of nitrogens with zero attached hydrogens (tertiary/aromatic N) is 1. The van der Waals surface area contributed by atoms with Gasteiger partial charge < -0.3 is 14.4 Å². The zero-order chi connectivity index (χ0) is 10.5. The normalized spacial score (nSPS) is 24.9. The van der Waals surface area contributed by atoms with E-state index in [1.807, 2.05) is 4.90 Å². The predicted octanol–water partition coefficient (Wildman–Crippen LogP) is 1.15. The molecule has 2 fully saturated rings. The number of carbonyl (C=O) groups is 1. The molecule has 86 valence electrons. The van der Waals surface area contributed by atoms with E-state index in [1.165, 1.54) is 12.8 Å². The summed E-state index contributed by atoms with van der Waals surface area (Å²) in [5, 5.41) is 0. The van der Waals surface area contributed by atoms with Gasteiger partial charge in [0.15, 0.2) is 0 Å². The molecule has 0 bridgehead atoms. The number of hydrogen-bond acceptors (Lipinski definition) is 3. The van der Waals surface area contributed by atoms with E-state index in [2.05, 4.69) is 0 Å². The summed E-state index contributed by atoms with van der Waals surface area (Å²) in [5.74, 6) is 0.0246. The van der Waals surface area contributed by atoms with Gasteiger partial charge >= 0.3 is 0 Å². The summed E-state index contributed by atoms with van der Waals surface area (Å²) in [4.78, 5) is 13.9. The van der Waals surface area contributed by atoms with Gasteiger partial charge in [-0.05, 0) is 19.3 Å². The Morgan fingerprint density at radius 3 is 2.13 bits per heavy atom. The molecule has 4 heteroatoms. The average molecular weight is 213 g/mol. The highest BCUT2D eigenvalue weighted by Gasteiger charge is 2.27. The Balaban J connectivity index is 1.87. The van der Waals surface area contributed by atoms with Gasteiger partial charge in [-0.25, -0.2) is 0 Å². The third-order valence-corrected chi connectivity index (χ3v) is 2.95. The second kappa shape index (κ2) is 5.47. The zero-order valence-electron chi connectivity index (χ0n) is 9.11. The smallest absolute Gasteiger partial charge is 0.279 e. The Kier molecular flexibility index (Phi) is 3.97. The van der Waals surface area contributed by atoms with Crippen LogP contribution in [0.1, 0.15) is 32.1 Å². The first-order valence-electron chi connectivity index (χ1n) is 5.90. The van der Waals surface area contributed by atoms with Crippen molar-refractivity contribution in [2.24, 2.45) is 0 Å². The van der Waals surface area contributed by atoms with Crippen molar-refractivity contribution in [2.45, 2.75) is 38.4 Å². The van der Waals surface area contributed by atoms with Crippen LogP contribution in [-0.2, 0) is 14.3 Å². The SMILES string of the molecule is O=C(C1OCCCO1)N1CCCCCC1. The lowest BCUT2D eigenvalue weighted by molar-refractivity contribution is -0.199. The van der Waals surface area contributed by atoms with Crippen molar-refractivity contribution >= 4 is 5.91 Å². The molecule has 0 aliphatic carbocycles. The molecule has 0 radical (unpaired) electrons. The van der Waals surface area contributed by atoms with Crippen LogP contribution in [0.25, 0.3) is 0 Å². The van der Waals surface area contributed by atoms with Gasteiger partial charge in [0.25, 0.3) is 5.91 Å². The topological polar surface area (TPSA) is 38.8 Å². The minimum Gasteiger partial charge on any atom is -0.344 e. The summed E-state index contributed by atoms with van der Waals surface area (Å²) in [7, 11) is 0. The summed E-state index contributed by atoms with van der Waals surface area (Å²) in [6, 6.07) is 0. The first-order chi connectivity index (χ1) is 7.38. The van der Waals surface area contributed by atoms with E-state index in [-0.39, 0.29) is 5.91 Å². The Morgan fingerprint density at radius 2 is 1.53 bits per heavy atom. The van der Waals surface area contributed by atoms with E-state index in [0.717, 1.165) is 32.4 Å². The van der Waals surface area contributed by atoms with Crippen molar-refractivity contribution in [3.63, 3.8) is 0 Å². The van der Waals surface area contributed by atoms with Crippen LogP contribution < -0.4 is 0 Å². The van der Waals surface area contributed by atoms with Crippen LogP contribution in [0.3, 0.4) is 0 Å². The van der Waals surface area contributed by atoms with E-state index in [4.69, 9.17) is 9.47 Å². The van der Waals surface area contributed by atoms with Crippen molar-refractivity contribution in [3.05, 3.63) is 0 Å². The summed E-state index contributed by atoms with van der Waals surface area (Å²) in [6.45, 7) is 3.01. The molecule has 0 unspecified atom stereocenters. The van der Waals surface area contributed by atoms with E-state index >= 15 is 0 Å². The highest BCUT2D eigenvalue weighted by atomic mass is 16.7. The fraction of sp³-hybridized carbons (Fsp3) is 0.909. The van der Waals surface area contributed by atoms with Crippen LogP contribution in [0.15, 0.2) is 0 Å². The molecule has 1 amide bonds. The second-order valence-electron chi connectivity index (χ2n) is 4.17. The number of amides is 1. The lowest BCUT2D eigenvalue weighted by Crippen LogP contribution is -2.44. The Labute approximate surface area is 90.5 Å². The molecule has 2 saturated heterocycles. The van der Waals surface area contributed by atoms with Crippen molar-refractivity contribution in [2.75, 3.05) is 26.3 Å². The van der Waals surface area contributed by atoms with Gasteiger partial charge in [-0.3, -0.25) is 4.79 Å². The molecule has 2 aliphatic rings. The predicted molar refractivity (Wildman–Crippen MR) is 55.4 cm³/mol. The van der Waals surface area contributed by atoms with Crippen LogP contribution in [0.2, 0.25) is 0 Å². The van der Waals surface area contributed by atoms with Crippen molar-refractivity contribution in [1.82, 2.24) is 4.90 Å². The van der Waals surface area contributed by atoms with Crippen LogP contribution in [-0.4, -0.2) is 43.4 Å². The third kappa shape index (κ3) is 2.92. The highest BCUT2D eigenvalue weighted by molar-refractivity contribution is 5.79. The minimum absolute atomic E-state index is 0.0246. The van der Waals surface area contributed by atoms with Crippen LogP contribution >= 0.6 is 0 Å². The van der Waals surface area contributed by atoms with Crippen LogP contribution in [0.5, 0.6) is 0 Å². The maximum absolute atomic E-state index is 12.0. The van der Waals surface area contributed by atoms with Gasteiger partial charge in [0.2, 0.25) is 6.29 Å². The van der Waals surface area contributed by atoms with Crippen LogP contribution in [0, 0.1) is 0 Å². The van der Waals surface area contributed by atoms with E-state index in [9.17, 15) is 4.79 Å². The fourth-order valence-corrected chi connectivity index (χ4v) is 2.07. The second-order valence-corrected chi connectivity index (χ2v) is 4.17. The van der Waals surface area contributed by atoms with Crippen molar-refractivity contribution < 1.29 is 14.3 Å². The largest absolute Gasteiger partial charge is 0.344 e. The van der Waals surface area contributed by atoms with Gasteiger partial charge in [0.05, 0.1) is 13.2 Å². The summed E-state index contributed by atoms with van der Waals surface area (Å²) >= 11 is 0. The molecular formula is C11H19NO3. The zero-order valence-corrected chi connectivity index (χ0v) is 9.11. The molecule has 0 saturated carbocycles.